The van der Waals surface area contributed by atoms with Crippen LogP contribution in [0.4, 0.5) is 0 Å². The highest BCUT2D eigenvalue weighted by atomic mass is 31.2. The van der Waals surface area contributed by atoms with Crippen LogP contribution in [0.15, 0.2) is 0 Å². The van der Waals surface area contributed by atoms with Crippen LogP contribution in [0.25, 0.3) is 0 Å². The zero-order valence-electron chi connectivity index (χ0n) is 62.3. The van der Waals surface area contributed by atoms with Gasteiger partial charge < -0.3 is 33.8 Å². The molecule has 17 nitrogen and oxygen atoms in total. The molecule has 564 valence electrons. The first-order valence-corrected chi connectivity index (χ1v) is 42.3. The van der Waals surface area contributed by atoms with Crippen molar-refractivity contribution in [1.82, 2.24) is 0 Å². The quantitative estimate of drug-likeness (QED) is 0.0222. The zero-order chi connectivity index (χ0) is 70.3. The highest BCUT2D eigenvalue weighted by molar-refractivity contribution is 7.47. The van der Waals surface area contributed by atoms with Crippen LogP contribution < -0.4 is 0 Å². The number of rotatable bonds is 73. The molecule has 4 unspecified atom stereocenters. The second kappa shape index (κ2) is 65.4. The summed E-state index contributed by atoms with van der Waals surface area (Å²) >= 11 is 0. The van der Waals surface area contributed by atoms with Crippen molar-refractivity contribution in [2.24, 2.45) is 23.7 Å². The van der Waals surface area contributed by atoms with Gasteiger partial charge in [-0.25, -0.2) is 9.13 Å². The molecule has 95 heavy (non-hydrogen) atoms. The van der Waals surface area contributed by atoms with Gasteiger partial charge in [0.25, 0.3) is 0 Å². The summed E-state index contributed by atoms with van der Waals surface area (Å²) in [5.41, 5.74) is 0. The number of phosphoric ester groups is 2. The summed E-state index contributed by atoms with van der Waals surface area (Å²) in [6.45, 7) is 14.1. The number of aliphatic hydroxyl groups is 1. The van der Waals surface area contributed by atoms with Gasteiger partial charge >= 0.3 is 39.5 Å². The van der Waals surface area contributed by atoms with Crippen molar-refractivity contribution in [2.75, 3.05) is 39.6 Å². The van der Waals surface area contributed by atoms with Gasteiger partial charge in [0.15, 0.2) is 12.2 Å². The Balaban J connectivity index is 5.21. The molecule has 0 rings (SSSR count). The average Bonchev–Trinajstić information content (AvgIpc) is 2.14. The Morgan fingerprint density at radius 1 is 0.295 bits per heavy atom. The van der Waals surface area contributed by atoms with Crippen molar-refractivity contribution in [2.45, 2.75) is 401 Å². The SMILES string of the molecule is CCC(C)CCCCCCCCC(=O)OC[C@H](COP(=O)(O)OC[C@H](O)COP(=O)(O)OC[C@@H](COC(=O)CCCCCCCCCCCCCC(C)C)OC(=O)CCCCCCCCCCCCCCCCCCCCC(C)C)OC(=O)CCCCCCCCC(C)CC. The van der Waals surface area contributed by atoms with Crippen molar-refractivity contribution in [3.8, 4) is 0 Å². The van der Waals surface area contributed by atoms with Gasteiger partial charge in [0.2, 0.25) is 0 Å². The lowest BCUT2D eigenvalue weighted by Gasteiger charge is -2.21. The lowest BCUT2D eigenvalue weighted by molar-refractivity contribution is -0.161. The molecule has 19 heteroatoms. The lowest BCUT2D eigenvalue weighted by Crippen LogP contribution is -2.30. The van der Waals surface area contributed by atoms with Gasteiger partial charge in [0.1, 0.15) is 19.3 Å². The molecule has 0 aromatic heterocycles. The predicted octanol–water partition coefficient (Wildman–Crippen LogP) is 22.0. The van der Waals surface area contributed by atoms with Gasteiger partial charge in [-0.15, -0.1) is 0 Å². The van der Waals surface area contributed by atoms with Crippen LogP contribution >= 0.6 is 15.6 Å². The molecule has 0 aliphatic heterocycles. The number of aliphatic hydroxyl groups excluding tert-OH is 1. The molecule has 0 fully saturated rings. The Hall–Kier alpha value is -1.94. The fraction of sp³-hybridized carbons (Fsp3) is 0.947. The third-order valence-corrected chi connectivity index (χ3v) is 20.2. The zero-order valence-corrected chi connectivity index (χ0v) is 64.1. The van der Waals surface area contributed by atoms with E-state index in [9.17, 15) is 43.2 Å². The summed E-state index contributed by atoms with van der Waals surface area (Å²) in [6.07, 6.45) is 50.2. The molecule has 0 saturated carbocycles. The second-order valence-corrected chi connectivity index (χ2v) is 31.7. The van der Waals surface area contributed by atoms with Crippen molar-refractivity contribution in [3.63, 3.8) is 0 Å². The van der Waals surface area contributed by atoms with Crippen molar-refractivity contribution >= 4 is 39.5 Å². The molecule has 0 radical (unpaired) electrons. The molecule has 0 spiro atoms. The topological polar surface area (TPSA) is 237 Å². The molecule has 0 aromatic rings. The third kappa shape index (κ3) is 67.6. The summed E-state index contributed by atoms with van der Waals surface area (Å²) in [5, 5.41) is 10.6. The fourth-order valence-corrected chi connectivity index (χ4v) is 13.1. The first-order valence-electron chi connectivity index (χ1n) is 39.3. The standard InChI is InChI=1S/C76H148O17P2/c1-9-68(7)54-46-38-32-34-41-49-57-74(79)87-63-72(93-76(81)59-51-43-35-33-39-47-55-69(8)10-2)65-91-95(84,85)89-61-70(77)60-88-94(82,83)90-64-71(62-86-73(78)56-48-40-30-26-23-19-21-25-29-37-45-53-67(5)6)92-75(80)58-50-42-31-27-22-18-16-14-12-11-13-15-17-20-24-28-36-44-52-66(3)4/h66-72,77H,9-65H2,1-8H3,(H,82,83)(H,84,85)/t68?,69?,70-,71-,72-/m1/s1. The van der Waals surface area contributed by atoms with Gasteiger partial charge in [-0.1, -0.05) is 331 Å². The maximum Gasteiger partial charge on any atom is 0.472 e. The summed E-state index contributed by atoms with van der Waals surface area (Å²) < 4.78 is 68.5. The predicted molar refractivity (Wildman–Crippen MR) is 386 cm³/mol. The Morgan fingerprint density at radius 3 is 0.747 bits per heavy atom. The van der Waals surface area contributed by atoms with E-state index in [1.807, 2.05) is 0 Å². The van der Waals surface area contributed by atoms with Gasteiger partial charge in [0.05, 0.1) is 26.4 Å². The monoisotopic (exact) mass is 1400 g/mol. The summed E-state index contributed by atoms with van der Waals surface area (Å²) in [5.74, 6) is 0.917. The van der Waals surface area contributed by atoms with Crippen molar-refractivity contribution in [3.05, 3.63) is 0 Å². The molecule has 0 aromatic carbocycles. The number of unbranched alkanes of at least 4 members (excludes halogenated alkanes) is 37. The van der Waals surface area contributed by atoms with E-state index in [1.165, 1.54) is 180 Å². The fourth-order valence-electron chi connectivity index (χ4n) is 11.5. The largest absolute Gasteiger partial charge is 0.472 e. The number of esters is 4. The van der Waals surface area contributed by atoms with E-state index >= 15 is 0 Å². The Morgan fingerprint density at radius 2 is 0.505 bits per heavy atom. The number of carbonyl (C=O) groups is 4. The van der Waals surface area contributed by atoms with E-state index in [4.69, 9.17) is 37.0 Å². The number of phosphoric acid groups is 2. The highest BCUT2D eigenvalue weighted by Crippen LogP contribution is 2.45. The summed E-state index contributed by atoms with van der Waals surface area (Å²) in [4.78, 5) is 72.7. The van der Waals surface area contributed by atoms with E-state index < -0.39 is 97.5 Å². The minimum Gasteiger partial charge on any atom is -0.462 e. The van der Waals surface area contributed by atoms with E-state index in [0.717, 1.165) is 120 Å². The molecule has 0 saturated heterocycles. The molecular weight excluding hydrogens is 1250 g/mol. The third-order valence-electron chi connectivity index (χ3n) is 18.3. The Kier molecular flexibility index (Phi) is 64.0. The minimum atomic E-state index is -4.96. The van der Waals surface area contributed by atoms with Crippen LogP contribution in [0.5, 0.6) is 0 Å². The summed E-state index contributed by atoms with van der Waals surface area (Å²) in [6, 6.07) is 0. The molecule has 0 heterocycles. The molecular formula is C76H148O17P2. The van der Waals surface area contributed by atoms with Crippen molar-refractivity contribution in [1.29, 1.82) is 0 Å². The van der Waals surface area contributed by atoms with Crippen LogP contribution in [0, 0.1) is 23.7 Å². The van der Waals surface area contributed by atoms with Gasteiger partial charge in [-0.3, -0.25) is 37.3 Å². The first kappa shape index (κ1) is 93.1. The maximum atomic E-state index is 13.1. The number of ether oxygens (including phenoxy) is 4. The smallest absolute Gasteiger partial charge is 0.462 e. The number of hydrogen-bond acceptors (Lipinski definition) is 15. The molecule has 0 amide bonds. The van der Waals surface area contributed by atoms with Crippen LogP contribution in [0.3, 0.4) is 0 Å². The van der Waals surface area contributed by atoms with E-state index in [0.29, 0.717) is 25.7 Å². The minimum absolute atomic E-state index is 0.102. The molecule has 0 aliphatic carbocycles. The second-order valence-electron chi connectivity index (χ2n) is 28.8. The van der Waals surface area contributed by atoms with Crippen molar-refractivity contribution < 1.29 is 80.2 Å². The lowest BCUT2D eigenvalue weighted by atomic mass is 10.00. The normalized spacial score (nSPS) is 14.7. The van der Waals surface area contributed by atoms with E-state index in [2.05, 4.69) is 55.4 Å². The molecule has 3 N–H and O–H groups in total. The van der Waals surface area contributed by atoms with Gasteiger partial charge in [-0.2, -0.15) is 0 Å². The van der Waals surface area contributed by atoms with E-state index in [1.54, 1.807) is 0 Å². The Labute approximate surface area is 581 Å². The molecule has 0 bridgehead atoms. The van der Waals surface area contributed by atoms with Gasteiger partial charge in [-0.05, 0) is 49.4 Å². The molecule has 7 atom stereocenters. The van der Waals surface area contributed by atoms with Crippen LogP contribution in [0.1, 0.15) is 383 Å². The number of carbonyl (C=O) groups excluding carboxylic acids is 4. The number of hydrogen-bond donors (Lipinski definition) is 3. The van der Waals surface area contributed by atoms with E-state index in [-0.39, 0.29) is 25.7 Å². The van der Waals surface area contributed by atoms with Crippen LogP contribution in [-0.2, 0) is 65.4 Å². The highest BCUT2D eigenvalue weighted by Gasteiger charge is 2.30. The average molecular weight is 1400 g/mol. The summed E-state index contributed by atoms with van der Waals surface area (Å²) in [7, 11) is -9.91. The maximum absolute atomic E-state index is 13.1. The molecule has 0 aliphatic rings. The van der Waals surface area contributed by atoms with Gasteiger partial charge in [0, 0.05) is 25.7 Å². The van der Waals surface area contributed by atoms with Crippen LogP contribution in [0.2, 0.25) is 0 Å². The van der Waals surface area contributed by atoms with Crippen LogP contribution in [-0.4, -0.2) is 96.7 Å². The first-order chi connectivity index (χ1) is 45.7. The Bertz CT molecular complexity index is 1870.